The Hall–Kier alpha value is -0.790. The highest BCUT2D eigenvalue weighted by atomic mass is 16.4. The van der Waals surface area contributed by atoms with Gasteiger partial charge in [-0.1, -0.05) is 25.8 Å². The third-order valence-electron chi connectivity index (χ3n) is 5.35. The van der Waals surface area contributed by atoms with Crippen molar-refractivity contribution in [3.8, 4) is 0 Å². The number of carboxylic acid groups (broad SMARTS) is 1. The van der Waals surface area contributed by atoms with Crippen molar-refractivity contribution in [3.63, 3.8) is 0 Å². The molecule has 2 aliphatic carbocycles. The SMILES string of the molecule is CC1CCC(C2CCC(C/C=C/C(=O)O)CC2)CC1. The number of carboxylic acids is 1. The quantitative estimate of drug-likeness (QED) is 0.750. The normalized spacial score (nSPS) is 36.5. The van der Waals surface area contributed by atoms with E-state index in [1.165, 1.54) is 57.4 Å². The molecule has 1 N–H and O–H groups in total. The summed E-state index contributed by atoms with van der Waals surface area (Å²) in [4.78, 5) is 10.4. The van der Waals surface area contributed by atoms with Gasteiger partial charge < -0.3 is 5.11 Å². The van der Waals surface area contributed by atoms with Gasteiger partial charge in [0, 0.05) is 6.08 Å². The van der Waals surface area contributed by atoms with Crippen LogP contribution >= 0.6 is 0 Å². The number of carbonyl (C=O) groups is 1. The van der Waals surface area contributed by atoms with Gasteiger partial charge in [-0.3, -0.25) is 0 Å². The van der Waals surface area contributed by atoms with Crippen LogP contribution in [0.4, 0.5) is 0 Å². The Labute approximate surface area is 117 Å². The van der Waals surface area contributed by atoms with Crippen LogP contribution < -0.4 is 0 Å². The van der Waals surface area contributed by atoms with Crippen molar-refractivity contribution in [2.75, 3.05) is 0 Å². The molecule has 0 amide bonds. The van der Waals surface area contributed by atoms with Gasteiger partial charge in [-0.05, 0) is 68.6 Å². The van der Waals surface area contributed by atoms with Gasteiger partial charge in [0.1, 0.15) is 0 Å². The molecular weight excluding hydrogens is 236 g/mol. The topological polar surface area (TPSA) is 37.3 Å². The summed E-state index contributed by atoms with van der Waals surface area (Å²) in [5.41, 5.74) is 0. The zero-order valence-electron chi connectivity index (χ0n) is 12.2. The molecule has 0 aromatic carbocycles. The van der Waals surface area contributed by atoms with Crippen LogP contribution in [-0.2, 0) is 4.79 Å². The highest BCUT2D eigenvalue weighted by Crippen LogP contribution is 2.41. The predicted octanol–water partition coefficient (Wildman–Crippen LogP) is 4.65. The van der Waals surface area contributed by atoms with E-state index in [1.807, 2.05) is 6.08 Å². The van der Waals surface area contributed by atoms with E-state index in [9.17, 15) is 4.79 Å². The Bertz CT molecular complexity index is 305. The van der Waals surface area contributed by atoms with Crippen molar-refractivity contribution >= 4 is 5.97 Å². The van der Waals surface area contributed by atoms with E-state index in [0.29, 0.717) is 0 Å². The second-order valence-corrected chi connectivity index (χ2v) is 6.78. The number of allylic oxidation sites excluding steroid dienone is 1. The number of rotatable bonds is 4. The van der Waals surface area contributed by atoms with E-state index in [4.69, 9.17) is 5.11 Å². The van der Waals surface area contributed by atoms with Crippen LogP contribution in [0.5, 0.6) is 0 Å². The molecule has 0 unspecified atom stereocenters. The molecule has 0 heterocycles. The molecule has 0 aromatic heterocycles. The Balaban J connectivity index is 1.69. The van der Waals surface area contributed by atoms with Crippen LogP contribution in [0.2, 0.25) is 0 Å². The molecular formula is C17H28O2. The fourth-order valence-electron chi connectivity index (χ4n) is 4.01. The molecule has 2 nitrogen and oxygen atoms in total. The fraction of sp³-hybridized carbons (Fsp3) is 0.824. The van der Waals surface area contributed by atoms with Gasteiger partial charge in [-0.15, -0.1) is 0 Å². The molecule has 0 atom stereocenters. The van der Waals surface area contributed by atoms with E-state index < -0.39 is 5.97 Å². The minimum Gasteiger partial charge on any atom is -0.478 e. The highest BCUT2D eigenvalue weighted by Gasteiger charge is 2.29. The summed E-state index contributed by atoms with van der Waals surface area (Å²) in [5.74, 6) is 2.83. The monoisotopic (exact) mass is 264 g/mol. The third kappa shape index (κ3) is 4.67. The van der Waals surface area contributed by atoms with Crippen molar-refractivity contribution in [2.24, 2.45) is 23.7 Å². The molecule has 2 fully saturated rings. The smallest absolute Gasteiger partial charge is 0.327 e. The third-order valence-corrected chi connectivity index (χ3v) is 5.35. The van der Waals surface area contributed by atoms with Crippen molar-refractivity contribution in [1.82, 2.24) is 0 Å². The molecule has 2 aliphatic rings. The van der Waals surface area contributed by atoms with Crippen LogP contribution in [0.1, 0.15) is 64.7 Å². The molecule has 0 spiro atoms. The molecule has 0 aliphatic heterocycles. The maximum atomic E-state index is 10.4. The molecule has 2 saturated carbocycles. The molecule has 2 heteroatoms. The number of hydrogen-bond acceptors (Lipinski definition) is 1. The second-order valence-electron chi connectivity index (χ2n) is 6.78. The van der Waals surface area contributed by atoms with E-state index in [-0.39, 0.29) is 0 Å². The van der Waals surface area contributed by atoms with Crippen LogP contribution in [0, 0.1) is 23.7 Å². The maximum absolute atomic E-state index is 10.4. The van der Waals surface area contributed by atoms with E-state index in [1.54, 1.807) is 0 Å². The number of aliphatic carboxylic acids is 1. The molecule has 0 bridgehead atoms. The minimum absolute atomic E-state index is 0.731. The lowest BCUT2D eigenvalue weighted by atomic mass is 9.69. The van der Waals surface area contributed by atoms with Gasteiger partial charge in [0.25, 0.3) is 0 Å². The van der Waals surface area contributed by atoms with Crippen molar-refractivity contribution in [1.29, 1.82) is 0 Å². The predicted molar refractivity (Wildman–Crippen MR) is 78.0 cm³/mol. The van der Waals surface area contributed by atoms with Gasteiger partial charge in [0.15, 0.2) is 0 Å². The standard InChI is InChI=1S/C17H28O2/c1-13-5-9-15(10-6-13)16-11-7-14(8-12-16)3-2-4-17(18)19/h2,4,13-16H,3,5-12H2,1H3,(H,18,19)/b4-2+. The lowest BCUT2D eigenvalue weighted by molar-refractivity contribution is -0.131. The Morgan fingerprint density at radius 3 is 2.05 bits per heavy atom. The molecule has 0 radical (unpaired) electrons. The van der Waals surface area contributed by atoms with Crippen LogP contribution in [-0.4, -0.2) is 11.1 Å². The first-order valence-corrected chi connectivity index (χ1v) is 8.04. The number of hydrogen-bond donors (Lipinski definition) is 1. The summed E-state index contributed by atoms with van der Waals surface area (Å²) in [5, 5.41) is 8.59. The largest absolute Gasteiger partial charge is 0.478 e. The first-order chi connectivity index (χ1) is 9.15. The Kier molecular flexibility index (Phi) is 5.47. The summed E-state index contributed by atoms with van der Waals surface area (Å²) in [6, 6.07) is 0. The maximum Gasteiger partial charge on any atom is 0.327 e. The van der Waals surface area contributed by atoms with E-state index in [2.05, 4.69) is 6.92 Å². The summed E-state index contributed by atoms with van der Waals surface area (Å²) in [6.45, 7) is 2.39. The van der Waals surface area contributed by atoms with Crippen molar-refractivity contribution in [3.05, 3.63) is 12.2 Å². The Morgan fingerprint density at radius 1 is 1.00 bits per heavy atom. The first-order valence-electron chi connectivity index (χ1n) is 8.04. The van der Waals surface area contributed by atoms with Crippen LogP contribution in [0.15, 0.2) is 12.2 Å². The summed E-state index contributed by atoms with van der Waals surface area (Å²) >= 11 is 0. The molecule has 0 aromatic rings. The van der Waals surface area contributed by atoms with E-state index >= 15 is 0 Å². The average Bonchev–Trinajstić information content (AvgIpc) is 2.40. The second kappa shape index (κ2) is 7.12. The summed E-state index contributed by atoms with van der Waals surface area (Å²) in [6.07, 6.45) is 15.3. The van der Waals surface area contributed by atoms with Crippen LogP contribution in [0.3, 0.4) is 0 Å². The fourth-order valence-corrected chi connectivity index (χ4v) is 4.01. The van der Waals surface area contributed by atoms with Gasteiger partial charge in [-0.25, -0.2) is 4.79 Å². The Morgan fingerprint density at radius 2 is 1.53 bits per heavy atom. The minimum atomic E-state index is -0.815. The average molecular weight is 264 g/mol. The lowest BCUT2D eigenvalue weighted by Gasteiger charge is -2.37. The first kappa shape index (κ1) is 14.6. The highest BCUT2D eigenvalue weighted by molar-refractivity contribution is 5.79. The zero-order chi connectivity index (χ0) is 13.7. The van der Waals surface area contributed by atoms with E-state index in [0.717, 1.165) is 30.1 Å². The van der Waals surface area contributed by atoms with Gasteiger partial charge in [0.05, 0.1) is 0 Å². The van der Waals surface area contributed by atoms with Crippen LogP contribution in [0.25, 0.3) is 0 Å². The molecule has 0 saturated heterocycles. The van der Waals surface area contributed by atoms with Gasteiger partial charge in [0.2, 0.25) is 0 Å². The molecule has 2 rings (SSSR count). The van der Waals surface area contributed by atoms with Gasteiger partial charge >= 0.3 is 5.97 Å². The lowest BCUT2D eigenvalue weighted by Crippen LogP contribution is -2.25. The van der Waals surface area contributed by atoms with Crippen molar-refractivity contribution in [2.45, 2.75) is 64.7 Å². The zero-order valence-corrected chi connectivity index (χ0v) is 12.2. The summed E-state index contributed by atoms with van der Waals surface area (Å²) < 4.78 is 0. The molecule has 108 valence electrons. The summed E-state index contributed by atoms with van der Waals surface area (Å²) in [7, 11) is 0. The molecule has 19 heavy (non-hydrogen) atoms. The van der Waals surface area contributed by atoms with Crippen molar-refractivity contribution < 1.29 is 9.90 Å². The van der Waals surface area contributed by atoms with Gasteiger partial charge in [-0.2, -0.15) is 0 Å².